The number of carbonyl (C=O) groups excluding carboxylic acids is 6. The molecule has 0 rings (SSSR count). The molecule has 0 radical (unpaired) electrons. The average molecular weight is 578 g/mol. The number of ether oxygens (including phenoxy) is 6. The van der Waals surface area contributed by atoms with Gasteiger partial charge in [-0.3, -0.25) is 19.2 Å². The molecule has 40 heavy (non-hydrogen) atoms. The normalized spacial score (nSPS) is 10.6. The van der Waals surface area contributed by atoms with E-state index in [9.17, 15) is 28.8 Å². The topological polar surface area (TPSA) is 185 Å². The zero-order valence-corrected chi connectivity index (χ0v) is 24.1. The lowest BCUT2D eigenvalue weighted by molar-refractivity contribution is -0.169. The number of esters is 4. The molecule has 0 bridgehead atoms. The van der Waals surface area contributed by atoms with E-state index in [0.29, 0.717) is 19.5 Å². The molecular formula is C25H43N3O12. The minimum Gasteiger partial charge on any atom is -0.428 e. The van der Waals surface area contributed by atoms with Crippen LogP contribution in [-0.2, 0) is 47.6 Å². The number of nitrogens with zero attached hydrogens (tertiary/aromatic N) is 1. The smallest absolute Gasteiger partial charge is 0.412 e. The Balaban J connectivity index is 4.47. The lowest BCUT2D eigenvalue weighted by Gasteiger charge is -2.22. The number of amides is 2. The van der Waals surface area contributed by atoms with Crippen LogP contribution < -0.4 is 10.6 Å². The molecule has 0 aromatic carbocycles. The molecule has 0 heterocycles. The number of carbonyl (C=O) groups is 6. The standard InChI is InChI=1S/C25H43N3O12/c1-17(2)21(30)36-14-35-20(29)8-7-9-26-10-12-28(25(34)40-16-38-23(32)19(5)6)13-11-27-24(33)39-15-37-22(31)18(3)4/h17-19,26H,7-16H2,1-6H3,(H,27,33). The fourth-order valence-electron chi connectivity index (χ4n) is 2.43. The minimum atomic E-state index is -0.847. The molecule has 0 aromatic heterocycles. The Labute approximate surface area is 234 Å². The first-order chi connectivity index (χ1) is 18.8. The summed E-state index contributed by atoms with van der Waals surface area (Å²) in [5.74, 6) is -3.10. The predicted octanol–water partition coefficient (Wildman–Crippen LogP) is 1.53. The van der Waals surface area contributed by atoms with E-state index in [1.165, 1.54) is 4.90 Å². The Morgan fingerprint density at radius 3 is 1.60 bits per heavy atom. The second-order valence-corrected chi connectivity index (χ2v) is 9.33. The van der Waals surface area contributed by atoms with Gasteiger partial charge in [0, 0.05) is 32.6 Å². The van der Waals surface area contributed by atoms with Gasteiger partial charge in [-0.15, -0.1) is 0 Å². The summed E-state index contributed by atoms with van der Waals surface area (Å²) < 4.78 is 29.0. The minimum absolute atomic E-state index is 0.00886. The molecule has 0 aromatic rings. The van der Waals surface area contributed by atoms with Crippen LogP contribution in [0.15, 0.2) is 0 Å². The second kappa shape index (κ2) is 21.2. The van der Waals surface area contributed by atoms with Gasteiger partial charge in [-0.2, -0.15) is 0 Å². The van der Waals surface area contributed by atoms with Crippen LogP contribution in [-0.4, -0.2) is 94.1 Å². The van der Waals surface area contributed by atoms with E-state index < -0.39 is 56.4 Å². The molecule has 0 fully saturated rings. The fourth-order valence-corrected chi connectivity index (χ4v) is 2.43. The van der Waals surface area contributed by atoms with Crippen LogP contribution in [0.3, 0.4) is 0 Å². The summed E-state index contributed by atoms with van der Waals surface area (Å²) in [7, 11) is 0. The van der Waals surface area contributed by atoms with Crippen molar-refractivity contribution in [3.63, 3.8) is 0 Å². The summed E-state index contributed by atoms with van der Waals surface area (Å²) >= 11 is 0. The van der Waals surface area contributed by atoms with Crippen molar-refractivity contribution < 1.29 is 57.2 Å². The van der Waals surface area contributed by atoms with Gasteiger partial charge in [0.25, 0.3) is 0 Å². The van der Waals surface area contributed by atoms with E-state index in [-0.39, 0.29) is 43.8 Å². The first kappa shape index (κ1) is 36.4. The molecule has 0 saturated heterocycles. The van der Waals surface area contributed by atoms with E-state index in [4.69, 9.17) is 28.4 Å². The van der Waals surface area contributed by atoms with Crippen molar-refractivity contribution in [1.82, 2.24) is 15.5 Å². The van der Waals surface area contributed by atoms with Crippen LogP contribution in [0, 0.1) is 17.8 Å². The Bertz CT molecular complexity index is 817. The van der Waals surface area contributed by atoms with Gasteiger partial charge in [-0.05, 0) is 13.0 Å². The Morgan fingerprint density at radius 1 is 0.600 bits per heavy atom. The zero-order chi connectivity index (χ0) is 30.5. The van der Waals surface area contributed by atoms with E-state index in [1.54, 1.807) is 41.5 Å². The van der Waals surface area contributed by atoms with Crippen molar-refractivity contribution >= 4 is 36.1 Å². The summed E-state index contributed by atoms with van der Waals surface area (Å²) in [6.07, 6.45) is -1.10. The van der Waals surface area contributed by atoms with Crippen LogP contribution in [0.2, 0.25) is 0 Å². The Hall–Kier alpha value is -3.62. The lowest BCUT2D eigenvalue weighted by atomic mass is 10.2. The molecular weight excluding hydrogens is 534 g/mol. The number of rotatable bonds is 19. The van der Waals surface area contributed by atoms with Crippen LogP contribution in [0.25, 0.3) is 0 Å². The summed E-state index contributed by atoms with van der Waals surface area (Å²) in [4.78, 5) is 71.5. The molecule has 15 nitrogen and oxygen atoms in total. The highest BCUT2D eigenvalue weighted by Crippen LogP contribution is 2.00. The third kappa shape index (κ3) is 18.6. The van der Waals surface area contributed by atoms with Gasteiger partial charge in [-0.1, -0.05) is 41.5 Å². The maximum Gasteiger partial charge on any atom is 0.412 e. The Morgan fingerprint density at radius 2 is 1.07 bits per heavy atom. The van der Waals surface area contributed by atoms with E-state index in [2.05, 4.69) is 10.6 Å². The van der Waals surface area contributed by atoms with Crippen molar-refractivity contribution in [2.45, 2.75) is 54.4 Å². The number of hydrogen-bond acceptors (Lipinski definition) is 13. The number of alkyl carbamates (subject to hydrolysis) is 1. The van der Waals surface area contributed by atoms with Crippen molar-refractivity contribution in [3.8, 4) is 0 Å². The van der Waals surface area contributed by atoms with Crippen molar-refractivity contribution in [1.29, 1.82) is 0 Å². The molecule has 15 heteroatoms. The first-order valence-electron chi connectivity index (χ1n) is 13.0. The highest BCUT2D eigenvalue weighted by Gasteiger charge is 2.17. The first-order valence-corrected chi connectivity index (χ1v) is 13.0. The van der Waals surface area contributed by atoms with E-state index in [1.807, 2.05) is 0 Å². The number of hydrogen-bond donors (Lipinski definition) is 2. The molecule has 0 saturated carbocycles. The molecule has 0 atom stereocenters. The third-order valence-corrected chi connectivity index (χ3v) is 4.81. The molecule has 230 valence electrons. The molecule has 0 aliphatic carbocycles. The van der Waals surface area contributed by atoms with E-state index >= 15 is 0 Å². The SMILES string of the molecule is CC(C)C(=O)OCOC(=O)CCCNCCN(CCNC(=O)OCOC(=O)C(C)C)C(=O)OCOC(=O)C(C)C. The highest BCUT2D eigenvalue weighted by molar-refractivity contribution is 5.73. The molecule has 0 spiro atoms. The maximum atomic E-state index is 12.5. The maximum absolute atomic E-state index is 12.5. The van der Waals surface area contributed by atoms with E-state index in [0.717, 1.165) is 0 Å². The van der Waals surface area contributed by atoms with Crippen molar-refractivity contribution in [3.05, 3.63) is 0 Å². The molecule has 2 N–H and O–H groups in total. The fraction of sp³-hybridized carbons (Fsp3) is 0.760. The van der Waals surface area contributed by atoms with Gasteiger partial charge in [-0.25, -0.2) is 9.59 Å². The summed E-state index contributed by atoms with van der Waals surface area (Å²) in [6.45, 7) is 9.26. The van der Waals surface area contributed by atoms with Gasteiger partial charge < -0.3 is 44.0 Å². The third-order valence-electron chi connectivity index (χ3n) is 4.81. The van der Waals surface area contributed by atoms with Crippen LogP contribution in [0.5, 0.6) is 0 Å². The quantitative estimate of drug-likeness (QED) is 0.0975. The lowest BCUT2D eigenvalue weighted by Crippen LogP contribution is -2.42. The second-order valence-electron chi connectivity index (χ2n) is 9.33. The molecule has 0 aliphatic heterocycles. The number of nitrogens with one attached hydrogen (secondary N) is 2. The average Bonchev–Trinajstić information content (AvgIpc) is 2.88. The molecule has 2 amide bonds. The predicted molar refractivity (Wildman–Crippen MR) is 138 cm³/mol. The van der Waals surface area contributed by atoms with Gasteiger partial charge >= 0.3 is 36.1 Å². The van der Waals surface area contributed by atoms with Gasteiger partial charge in [0.2, 0.25) is 20.4 Å². The van der Waals surface area contributed by atoms with Gasteiger partial charge in [0.15, 0.2) is 0 Å². The summed E-state index contributed by atoms with van der Waals surface area (Å²) in [5.41, 5.74) is 0. The van der Waals surface area contributed by atoms with Crippen LogP contribution >= 0.6 is 0 Å². The van der Waals surface area contributed by atoms with Gasteiger partial charge in [0.05, 0.1) is 17.8 Å². The molecule has 0 unspecified atom stereocenters. The van der Waals surface area contributed by atoms with Crippen LogP contribution in [0.1, 0.15) is 54.4 Å². The summed E-state index contributed by atoms with van der Waals surface area (Å²) in [6, 6.07) is 0. The zero-order valence-electron chi connectivity index (χ0n) is 24.1. The van der Waals surface area contributed by atoms with Crippen molar-refractivity contribution in [2.24, 2.45) is 17.8 Å². The molecule has 0 aliphatic rings. The highest BCUT2D eigenvalue weighted by atomic mass is 16.7. The van der Waals surface area contributed by atoms with Crippen molar-refractivity contribution in [2.75, 3.05) is 53.1 Å². The summed E-state index contributed by atoms with van der Waals surface area (Å²) in [5, 5.41) is 5.49. The Kier molecular flexibility index (Phi) is 19.3. The monoisotopic (exact) mass is 577 g/mol. The van der Waals surface area contributed by atoms with Gasteiger partial charge in [0.1, 0.15) is 0 Å². The largest absolute Gasteiger partial charge is 0.428 e. The van der Waals surface area contributed by atoms with Crippen LogP contribution in [0.4, 0.5) is 9.59 Å².